The molecule has 0 unspecified atom stereocenters. The lowest BCUT2D eigenvalue weighted by Gasteiger charge is -2.30. The highest BCUT2D eigenvalue weighted by Gasteiger charge is 2.39. The van der Waals surface area contributed by atoms with E-state index in [0.29, 0.717) is 17.7 Å². The first-order valence-corrected chi connectivity index (χ1v) is 29.4. The summed E-state index contributed by atoms with van der Waals surface area (Å²) in [6.07, 6.45) is -3.08. The van der Waals surface area contributed by atoms with Crippen molar-refractivity contribution in [3.8, 4) is 5.75 Å². The molecule has 2 aromatic rings. The van der Waals surface area contributed by atoms with E-state index in [-0.39, 0.29) is 56.3 Å². The standard InChI is InChI=1S/C56H87N17O20/c1-7-26(4)43(72-50(87)36(20-40(58)77)67-47(84)33(14-15-41(78)79)65-52(89)39(23-74)71-45(82)27(5)64-46(83)32(57)9-8-16-62-56(59)60)53(90)69-37(21-42(80)81)51(88)73-44(28(6)75)54(91)68-35(18-29-10-12-31(76)13-11-29)49(86)66-34(17-25(2)3)48(85)70-38(55(92)93)19-30-22-61-24-63-30/h10-13,22,24-28,32-39,43-44,74-76H,7-9,14-21,23,57H2,1-6H3,(H2,58,77)(H,61,63)(H,64,83)(H,65,89)(H,66,86)(H,67,84)(H,68,91)(H,69,90)(H,70,85)(H,71,82)(H,72,87)(H,73,88)(H,78,79)(H,80,81)(H,92,93)(H4,59,60,62)/t26-,27-,28+,32-,33-,34-,35-,36-,37-,38-,39-,43-,44-/m0/s1. The van der Waals surface area contributed by atoms with Crippen LogP contribution in [0.4, 0.5) is 0 Å². The van der Waals surface area contributed by atoms with E-state index in [9.17, 15) is 97.8 Å². The van der Waals surface area contributed by atoms with E-state index in [1.54, 1.807) is 20.8 Å². The molecular weight excluding hydrogens is 1230 g/mol. The second-order valence-electron chi connectivity index (χ2n) is 22.3. The summed E-state index contributed by atoms with van der Waals surface area (Å²) >= 11 is 0. The summed E-state index contributed by atoms with van der Waals surface area (Å²) in [6, 6.07) is -13.4. The zero-order chi connectivity index (χ0) is 70.4. The van der Waals surface area contributed by atoms with Gasteiger partial charge in [-0.15, -0.1) is 0 Å². The van der Waals surface area contributed by atoms with Gasteiger partial charge in [-0.2, -0.15) is 0 Å². The maximum absolute atomic E-state index is 14.2. The number of amides is 11. The lowest BCUT2D eigenvalue weighted by molar-refractivity contribution is -0.143. The SMILES string of the molecule is CC[C@H](C)[C@H](NC(=O)[C@H](CC(N)=O)NC(=O)[C@H](CCC(=O)O)NC(=O)[C@H](CO)NC(=O)[C@H](C)NC(=O)[C@@H](N)CCCN=C(N)N)C(=O)N[C@@H](CC(=O)O)C(=O)N[C@H](C(=O)N[C@@H](Cc1ccc(O)cc1)C(=O)N[C@@H](CC(C)C)C(=O)N[C@@H](Cc1cnc[nH]1)C(=O)O)[C@@H](C)O. The molecule has 0 aliphatic rings. The molecule has 0 bridgehead atoms. The normalized spacial score (nSPS) is 15.2. The topological polar surface area (TPSA) is 626 Å². The van der Waals surface area contributed by atoms with Crippen molar-refractivity contribution in [2.45, 2.75) is 178 Å². The first-order valence-electron chi connectivity index (χ1n) is 29.4. The number of aliphatic imine (C=N–C) groups is 1. The molecule has 0 spiro atoms. The van der Waals surface area contributed by atoms with Crippen LogP contribution in [0.5, 0.6) is 5.75 Å². The number of primary amides is 1. The van der Waals surface area contributed by atoms with Crippen LogP contribution in [0, 0.1) is 11.8 Å². The molecule has 11 amide bonds. The lowest BCUT2D eigenvalue weighted by Crippen LogP contribution is -2.63. The maximum Gasteiger partial charge on any atom is 0.326 e. The van der Waals surface area contributed by atoms with Crippen LogP contribution in [0.15, 0.2) is 41.8 Å². The number of phenols is 1. The molecule has 0 aliphatic heterocycles. The van der Waals surface area contributed by atoms with Crippen LogP contribution in [0.3, 0.4) is 0 Å². The molecule has 0 radical (unpaired) electrons. The Kier molecular flexibility index (Phi) is 33.4. The van der Waals surface area contributed by atoms with Gasteiger partial charge in [-0.05, 0) is 69.1 Å². The number of carbonyl (C=O) groups excluding carboxylic acids is 11. The minimum atomic E-state index is -2.12. The number of aromatic nitrogens is 2. The lowest BCUT2D eigenvalue weighted by atomic mass is 9.96. The van der Waals surface area contributed by atoms with Crippen LogP contribution in [0.2, 0.25) is 0 Å². The van der Waals surface area contributed by atoms with Gasteiger partial charge in [0.25, 0.3) is 0 Å². The van der Waals surface area contributed by atoms with Crippen molar-refractivity contribution in [2.24, 2.45) is 39.8 Å². The second kappa shape index (κ2) is 39.3. The number of guanidine groups is 1. The fourth-order valence-corrected chi connectivity index (χ4v) is 8.68. The van der Waals surface area contributed by atoms with Crippen molar-refractivity contribution in [3.63, 3.8) is 0 Å². The summed E-state index contributed by atoms with van der Waals surface area (Å²) in [5.74, 6) is -19.0. The van der Waals surface area contributed by atoms with E-state index in [4.69, 9.17) is 22.9 Å². The number of carboxylic acid groups (broad SMARTS) is 3. The number of aromatic amines is 1. The van der Waals surface area contributed by atoms with Crippen molar-refractivity contribution in [2.75, 3.05) is 13.2 Å². The molecule has 516 valence electrons. The number of aliphatic carboxylic acids is 3. The summed E-state index contributed by atoms with van der Waals surface area (Å²) in [6.45, 7) is 7.67. The van der Waals surface area contributed by atoms with Crippen molar-refractivity contribution < 1.29 is 97.8 Å². The Hall–Kier alpha value is -10.0. The van der Waals surface area contributed by atoms with Gasteiger partial charge in [0, 0.05) is 37.7 Å². The Balaban J connectivity index is 2.41. The highest BCUT2D eigenvalue weighted by molar-refractivity contribution is 6.00. The predicted octanol–water partition coefficient (Wildman–Crippen LogP) is -7.09. The van der Waals surface area contributed by atoms with Crippen LogP contribution in [0.25, 0.3) is 0 Å². The molecule has 25 N–H and O–H groups in total. The molecule has 37 heteroatoms. The van der Waals surface area contributed by atoms with Crippen LogP contribution in [-0.4, -0.2) is 215 Å². The van der Waals surface area contributed by atoms with Gasteiger partial charge in [0.15, 0.2) is 5.96 Å². The fourth-order valence-electron chi connectivity index (χ4n) is 8.68. The van der Waals surface area contributed by atoms with Crippen molar-refractivity contribution in [1.82, 2.24) is 63.1 Å². The van der Waals surface area contributed by atoms with Gasteiger partial charge >= 0.3 is 17.9 Å². The van der Waals surface area contributed by atoms with E-state index < -0.39 is 194 Å². The van der Waals surface area contributed by atoms with Crippen molar-refractivity contribution >= 4 is 88.8 Å². The molecule has 2 rings (SSSR count). The number of hydrogen-bond acceptors (Lipinski definition) is 20. The van der Waals surface area contributed by atoms with Gasteiger partial charge in [0.1, 0.15) is 66.2 Å². The smallest absolute Gasteiger partial charge is 0.326 e. The van der Waals surface area contributed by atoms with Gasteiger partial charge in [0.2, 0.25) is 65.0 Å². The number of benzene rings is 1. The van der Waals surface area contributed by atoms with E-state index in [2.05, 4.69) is 68.1 Å². The number of nitrogens with zero attached hydrogens (tertiary/aromatic N) is 2. The number of carbonyl (C=O) groups is 14. The Bertz CT molecular complexity index is 2940. The number of carboxylic acids is 3. The van der Waals surface area contributed by atoms with Crippen LogP contribution in [0.1, 0.15) is 104 Å². The average molecular weight is 1320 g/mol. The van der Waals surface area contributed by atoms with Gasteiger partial charge in [-0.1, -0.05) is 46.2 Å². The first-order chi connectivity index (χ1) is 43.6. The maximum atomic E-state index is 14.2. The van der Waals surface area contributed by atoms with Crippen molar-refractivity contribution in [1.29, 1.82) is 0 Å². The molecule has 0 aliphatic carbocycles. The molecule has 1 heterocycles. The van der Waals surface area contributed by atoms with Gasteiger partial charge in [0.05, 0.1) is 37.9 Å². The minimum absolute atomic E-state index is 0.0472. The average Bonchev–Trinajstić information content (AvgIpc) is 1.14. The van der Waals surface area contributed by atoms with Crippen molar-refractivity contribution in [3.05, 3.63) is 48.0 Å². The summed E-state index contributed by atoms with van der Waals surface area (Å²) in [4.78, 5) is 196. The van der Waals surface area contributed by atoms with Gasteiger partial charge in [-0.25, -0.2) is 9.78 Å². The molecule has 13 atom stereocenters. The highest BCUT2D eigenvalue weighted by atomic mass is 16.4. The first kappa shape index (κ1) is 79.1. The number of aliphatic hydroxyl groups excluding tert-OH is 2. The minimum Gasteiger partial charge on any atom is -0.508 e. The monoisotopic (exact) mass is 1320 g/mol. The summed E-state index contributed by atoms with van der Waals surface area (Å²) in [5, 5.41) is 83.1. The Morgan fingerprint density at radius 3 is 1.60 bits per heavy atom. The summed E-state index contributed by atoms with van der Waals surface area (Å²) < 4.78 is 0. The zero-order valence-electron chi connectivity index (χ0n) is 52.1. The van der Waals surface area contributed by atoms with E-state index in [1.807, 2.05) is 0 Å². The highest BCUT2D eigenvalue weighted by Crippen LogP contribution is 2.15. The number of nitrogens with one attached hydrogen (secondary N) is 11. The summed E-state index contributed by atoms with van der Waals surface area (Å²) in [7, 11) is 0. The van der Waals surface area contributed by atoms with Crippen LogP contribution < -0.4 is 76.1 Å². The number of aromatic hydroxyl groups is 1. The number of nitrogens with two attached hydrogens (primary N) is 4. The van der Waals surface area contributed by atoms with Crippen LogP contribution >= 0.6 is 0 Å². The molecule has 0 saturated carbocycles. The largest absolute Gasteiger partial charge is 0.508 e. The number of H-pyrrole nitrogens is 1. The van der Waals surface area contributed by atoms with Crippen LogP contribution in [-0.2, 0) is 80.0 Å². The molecule has 1 aromatic heterocycles. The zero-order valence-corrected chi connectivity index (χ0v) is 52.1. The van der Waals surface area contributed by atoms with E-state index in [1.165, 1.54) is 50.6 Å². The molecule has 0 saturated heterocycles. The Labute approximate surface area is 533 Å². The van der Waals surface area contributed by atoms with Gasteiger partial charge in [-0.3, -0.25) is 67.3 Å². The predicted molar refractivity (Wildman–Crippen MR) is 325 cm³/mol. The Morgan fingerprint density at radius 1 is 0.570 bits per heavy atom. The van der Waals surface area contributed by atoms with E-state index >= 15 is 0 Å². The number of rotatable bonds is 42. The second-order valence-corrected chi connectivity index (χ2v) is 22.3. The number of phenolic OH excluding ortho intramolecular Hbond substituents is 1. The fraction of sp³-hybridized carbons (Fsp3) is 0.571. The number of aliphatic hydroxyl groups is 2. The third kappa shape index (κ3) is 28.8. The quantitative estimate of drug-likeness (QED) is 0.0167. The molecular formula is C56H87N17O20. The Morgan fingerprint density at radius 2 is 1.08 bits per heavy atom. The third-order valence-corrected chi connectivity index (χ3v) is 14.0. The number of imidazole rings is 1. The number of hydrogen-bond donors (Lipinski definition) is 21. The molecule has 93 heavy (non-hydrogen) atoms. The van der Waals surface area contributed by atoms with Gasteiger partial charge < -0.3 is 112 Å². The molecule has 37 nitrogen and oxygen atoms in total. The molecule has 1 aromatic carbocycles. The third-order valence-electron chi connectivity index (χ3n) is 14.0. The summed E-state index contributed by atoms with van der Waals surface area (Å²) in [5.41, 5.74) is 22.6. The molecule has 0 fully saturated rings. The van der Waals surface area contributed by atoms with E-state index in [0.717, 1.165) is 6.92 Å².